The molecule has 1 aromatic heterocycles. The van der Waals surface area contributed by atoms with Gasteiger partial charge >= 0.3 is 0 Å². The van der Waals surface area contributed by atoms with Gasteiger partial charge in [-0.15, -0.1) is 0 Å². The van der Waals surface area contributed by atoms with Crippen molar-refractivity contribution in [1.29, 1.82) is 0 Å². The maximum absolute atomic E-state index is 13.9. The molecule has 98 valence electrons. The average molecular weight is 259 g/mol. The average Bonchev–Trinajstić information content (AvgIpc) is 2.64. The molecule has 1 aliphatic rings. The van der Waals surface area contributed by atoms with Crippen molar-refractivity contribution < 1.29 is 8.78 Å². The highest BCUT2D eigenvalue weighted by Crippen LogP contribution is 2.32. The van der Waals surface area contributed by atoms with Crippen molar-refractivity contribution >= 4 is 0 Å². The van der Waals surface area contributed by atoms with Gasteiger partial charge in [-0.05, 0) is 54.9 Å². The first-order valence-corrected chi connectivity index (χ1v) is 6.62. The minimum atomic E-state index is -0.756. The molecule has 1 atom stereocenters. The van der Waals surface area contributed by atoms with E-state index in [2.05, 4.69) is 4.98 Å². The van der Waals surface area contributed by atoms with Crippen LogP contribution in [0.2, 0.25) is 0 Å². The Bertz CT molecular complexity index is 595. The lowest BCUT2D eigenvalue weighted by molar-refractivity contribution is 0.479. The third kappa shape index (κ3) is 2.37. The van der Waals surface area contributed by atoms with E-state index in [1.165, 1.54) is 6.07 Å². The van der Waals surface area contributed by atoms with Crippen LogP contribution in [0.4, 0.5) is 8.78 Å². The number of nitrogens with zero attached hydrogens (tertiary/aromatic N) is 1. The Balaban J connectivity index is 1.96. The number of pyridine rings is 1. The van der Waals surface area contributed by atoms with E-state index in [1.54, 1.807) is 18.3 Å². The summed E-state index contributed by atoms with van der Waals surface area (Å²) >= 11 is 0. The number of benzene rings is 1. The minimum absolute atomic E-state index is 0.0427. The maximum Gasteiger partial charge on any atom is 0.162 e. The zero-order chi connectivity index (χ0) is 13.2. The molecule has 0 radical (unpaired) electrons. The van der Waals surface area contributed by atoms with Gasteiger partial charge < -0.3 is 0 Å². The molecule has 0 aliphatic heterocycles. The van der Waals surface area contributed by atoms with Crippen molar-refractivity contribution in [1.82, 2.24) is 4.98 Å². The number of aryl methyl sites for hydroxylation is 1. The molecular weight excluding hydrogens is 244 g/mol. The van der Waals surface area contributed by atoms with Gasteiger partial charge in [0.05, 0.1) is 0 Å². The summed E-state index contributed by atoms with van der Waals surface area (Å²) < 4.78 is 27.2. The smallest absolute Gasteiger partial charge is 0.162 e. The molecule has 1 aliphatic carbocycles. The molecule has 0 N–H and O–H groups in total. The molecule has 0 unspecified atom stereocenters. The number of halogens is 2. The first-order chi connectivity index (χ1) is 9.25. The van der Waals surface area contributed by atoms with Crippen molar-refractivity contribution in [3.63, 3.8) is 0 Å². The largest absolute Gasteiger partial charge is 0.261 e. The zero-order valence-electron chi connectivity index (χ0n) is 10.6. The van der Waals surface area contributed by atoms with Crippen LogP contribution in [0.5, 0.6) is 0 Å². The molecule has 0 bridgehead atoms. The van der Waals surface area contributed by atoms with Gasteiger partial charge in [0.1, 0.15) is 0 Å². The van der Waals surface area contributed by atoms with Crippen molar-refractivity contribution in [3.8, 4) is 0 Å². The summed E-state index contributed by atoms with van der Waals surface area (Å²) in [6, 6.07) is 8.40. The van der Waals surface area contributed by atoms with Crippen molar-refractivity contribution in [3.05, 3.63) is 65.0 Å². The van der Waals surface area contributed by atoms with E-state index in [0.717, 1.165) is 36.9 Å². The Kier molecular flexibility index (Phi) is 3.28. The third-order valence-corrected chi connectivity index (χ3v) is 3.84. The molecule has 1 heterocycles. The van der Waals surface area contributed by atoms with E-state index >= 15 is 0 Å². The van der Waals surface area contributed by atoms with E-state index < -0.39 is 11.6 Å². The lowest BCUT2D eigenvalue weighted by Crippen LogP contribution is -2.06. The van der Waals surface area contributed by atoms with Crippen LogP contribution in [-0.2, 0) is 12.8 Å². The number of aromatic nitrogens is 1. The second-order valence-corrected chi connectivity index (χ2v) is 5.05. The van der Waals surface area contributed by atoms with Crippen molar-refractivity contribution in [2.24, 2.45) is 0 Å². The fraction of sp³-hybridized carbons (Fsp3) is 0.312. The Hall–Kier alpha value is -1.77. The first-order valence-electron chi connectivity index (χ1n) is 6.62. The second kappa shape index (κ2) is 5.08. The highest BCUT2D eigenvalue weighted by Gasteiger charge is 2.22. The summed E-state index contributed by atoms with van der Waals surface area (Å²) in [7, 11) is 0. The van der Waals surface area contributed by atoms with E-state index in [-0.39, 0.29) is 5.92 Å². The predicted octanol–water partition coefficient (Wildman–Crippen LogP) is 4.02. The van der Waals surface area contributed by atoms with Crippen LogP contribution < -0.4 is 0 Å². The van der Waals surface area contributed by atoms with Gasteiger partial charge in [-0.1, -0.05) is 18.2 Å². The van der Waals surface area contributed by atoms with Crippen LogP contribution in [0.25, 0.3) is 0 Å². The molecule has 0 amide bonds. The first kappa shape index (κ1) is 12.3. The number of hydrogen-bond donors (Lipinski definition) is 0. The molecule has 1 aromatic carbocycles. The van der Waals surface area contributed by atoms with E-state index in [9.17, 15) is 8.78 Å². The van der Waals surface area contributed by atoms with Crippen molar-refractivity contribution in [2.45, 2.75) is 31.6 Å². The maximum atomic E-state index is 13.9. The van der Waals surface area contributed by atoms with Crippen LogP contribution in [0, 0.1) is 11.6 Å². The summed E-state index contributed by atoms with van der Waals surface area (Å²) in [5.41, 5.74) is 2.76. The van der Waals surface area contributed by atoms with Gasteiger partial charge in [-0.3, -0.25) is 4.98 Å². The summed E-state index contributed by atoms with van der Waals surface area (Å²) in [5.74, 6) is -1.41. The summed E-state index contributed by atoms with van der Waals surface area (Å²) in [6.45, 7) is 0. The molecule has 1 nitrogen and oxygen atoms in total. The van der Waals surface area contributed by atoms with Gasteiger partial charge in [0.15, 0.2) is 11.6 Å². The van der Waals surface area contributed by atoms with Crippen molar-refractivity contribution in [2.75, 3.05) is 0 Å². The summed E-state index contributed by atoms with van der Waals surface area (Å²) in [4.78, 5) is 4.38. The van der Waals surface area contributed by atoms with Crippen LogP contribution >= 0.6 is 0 Å². The van der Waals surface area contributed by atoms with Gasteiger partial charge in [0.25, 0.3) is 0 Å². The van der Waals surface area contributed by atoms with E-state index in [0.29, 0.717) is 5.56 Å². The summed E-state index contributed by atoms with van der Waals surface area (Å²) in [6.07, 6.45) is 5.29. The molecular formula is C16H15F2N. The molecule has 0 spiro atoms. The lowest BCUT2D eigenvalue weighted by atomic mass is 9.90. The number of hydrogen-bond acceptors (Lipinski definition) is 1. The highest BCUT2D eigenvalue weighted by molar-refractivity contribution is 5.29. The Morgan fingerprint density at radius 1 is 1.11 bits per heavy atom. The standard InChI is InChI=1S/C16H15F2N/c17-14-7-2-6-13(16(14)18)11-4-1-8-15-12(10-11)5-3-9-19-15/h2-3,5-7,9,11H,1,4,8,10H2/t11-/m0/s1. The number of fused-ring (bicyclic) bond motifs is 1. The quantitative estimate of drug-likeness (QED) is 0.705. The molecule has 0 saturated heterocycles. The number of rotatable bonds is 1. The van der Waals surface area contributed by atoms with Crippen LogP contribution in [0.15, 0.2) is 36.5 Å². The fourth-order valence-corrected chi connectivity index (χ4v) is 2.87. The molecule has 0 fully saturated rings. The topological polar surface area (TPSA) is 12.9 Å². The van der Waals surface area contributed by atoms with Crippen LogP contribution in [-0.4, -0.2) is 4.98 Å². The second-order valence-electron chi connectivity index (χ2n) is 5.05. The summed E-state index contributed by atoms with van der Waals surface area (Å²) in [5, 5.41) is 0. The van der Waals surface area contributed by atoms with E-state index in [1.807, 2.05) is 12.1 Å². The molecule has 0 saturated carbocycles. The Morgan fingerprint density at radius 3 is 2.89 bits per heavy atom. The predicted molar refractivity (Wildman–Crippen MR) is 70.0 cm³/mol. The SMILES string of the molecule is Fc1cccc([C@H]2CCCc3ncccc3C2)c1F. The third-order valence-electron chi connectivity index (χ3n) is 3.84. The van der Waals surface area contributed by atoms with Crippen LogP contribution in [0.3, 0.4) is 0 Å². The molecule has 19 heavy (non-hydrogen) atoms. The van der Waals surface area contributed by atoms with Gasteiger partial charge in [-0.2, -0.15) is 0 Å². The van der Waals surface area contributed by atoms with Gasteiger partial charge in [0.2, 0.25) is 0 Å². The molecule has 3 heteroatoms. The Labute approximate surface area is 111 Å². The van der Waals surface area contributed by atoms with Crippen LogP contribution in [0.1, 0.15) is 35.6 Å². The normalized spacial score (nSPS) is 18.7. The monoisotopic (exact) mass is 259 g/mol. The highest BCUT2D eigenvalue weighted by atomic mass is 19.2. The lowest BCUT2D eigenvalue weighted by Gasteiger charge is -2.16. The minimum Gasteiger partial charge on any atom is -0.261 e. The van der Waals surface area contributed by atoms with E-state index in [4.69, 9.17) is 0 Å². The molecule has 2 aromatic rings. The molecule has 3 rings (SSSR count). The zero-order valence-corrected chi connectivity index (χ0v) is 10.6. The Morgan fingerprint density at radius 2 is 2.00 bits per heavy atom. The van der Waals surface area contributed by atoms with Gasteiger partial charge in [0, 0.05) is 11.9 Å². The van der Waals surface area contributed by atoms with Gasteiger partial charge in [-0.25, -0.2) is 8.78 Å². The fourth-order valence-electron chi connectivity index (χ4n) is 2.87.